The summed E-state index contributed by atoms with van der Waals surface area (Å²) in [6.45, 7) is 6.62. The lowest BCUT2D eigenvalue weighted by atomic mass is 9.33. The van der Waals surface area contributed by atoms with Crippen molar-refractivity contribution in [2.75, 3.05) is 0 Å². The first kappa shape index (κ1) is 10.8. The molecule has 4 aliphatic carbocycles. The van der Waals surface area contributed by atoms with Crippen molar-refractivity contribution in [1.29, 1.82) is 0 Å². The molecule has 0 aliphatic heterocycles. The van der Waals surface area contributed by atoms with Crippen molar-refractivity contribution in [1.82, 2.24) is 0 Å². The predicted octanol–water partition coefficient (Wildman–Crippen LogP) is 1.97. The van der Waals surface area contributed by atoms with Crippen molar-refractivity contribution in [3.05, 3.63) is 12.2 Å². The lowest BCUT2D eigenvalue weighted by Gasteiger charge is -2.73. The van der Waals surface area contributed by atoms with Crippen molar-refractivity contribution in [3.63, 3.8) is 0 Å². The largest absolute Gasteiger partial charge is 0.389 e. The maximum absolute atomic E-state index is 10.8. The van der Waals surface area contributed by atoms with Gasteiger partial charge in [0.1, 0.15) is 0 Å². The van der Waals surface area contributed by atoms with Gasteiger partial charge in [-0.3, -0.25) is 0 Å². The maximum Gasteiger partial charge on any atom is 0.0920 e. The molecule has 0 amide bonds. The van der Waals surface area contributed by atoms with Gasteiger partial charge in [0.2, 0.25) is 0 Å². The van der Waals surface area contributed by atoms with Crippen LogP contribution >= 0.6 is 0 Å². The van der Waals surface area contributed by atoms with E-state index in [2.05, 4.69) is 20.8 Å². The molecule has 0 saturated heterocycles. The SMILES string of the molecule is CC(C)[C@@H]1CC[C@@]2(C)[C@H]3[C@@H]1[C@]2(O)C=C[C@@H]3O. The van der Waals surface area contributed by atoms with Crippen LogP contribution in [-0.4, -0.2) is 21.9 Å². The molecule has 0 unspecified atom stereocenters. The molecule has 0 aromatic rings. The highest BCUT2D eigenvalue weighted by Gasteiger charge is 2.74. The molecule has 0 heterocycles. The molecule has 3 saturated carbocycles. The second-order valence-electron chi connectivity index (χ2n) is 6.59. The summed E-state index contributed by atoms with van der Waals surface area (Å²) < 4.78 is 0. The fourth-order valence-electron chi connectivity index (χ4n) is 4.83. The van der Waals surface area contributed by atoms with Gasteiger partial charge < -0.3 is 10.2 Å². The summed E-state index contributed by atoms with van der Waals surface area (Å²) in [5.41, 5.74) is -0.707. The molecule has 0 aromatic carbocycles. The van der Waals surface area contributed by atoms with Gasteiger partial charge >= 0.3 is 0 Å². The summed E-state index contributed by atoms with van der Waals surface area (Å²) in [7, 11) is 0. The Kier molecular flexibility index (Phi) is 1.96. The Labute approximate surface area is 97.4 Å². The zero-order chi connectivity index (χ0) is 11.7. The lowest BCUT2D eigenvalue weighted by molar-refractivity contribution is -0.305. The first-order chi connectivity index (χ1) is 7.42. The van der Waals surface area contributed by atoms with Crippen LogP contribution in [0.1, 0.15) is 33.6 Å². The van der Waals surface area contributed by atoms with E-state index < -0.39 is 5.60 Å². The van der Waals surface area contributed by atoms with Crippen LogP contribution in [0.2, 0.25) is 0 Å². The minimum absolute atomic E-state index is 0.0722. The van der Waals surface area contributed by atoms with E-state index in [1.54, 1.807) is 6.08 Å². The van der Waals surface area contributed by atoms with E-state index in [-0.39, 0.29) is 23.4 Å². The lowest BCUT2D eigenvalue weighted by Crippen LogP contribution is -2.77. The van der Waals surface area contributed by atoms with Gasteiger partial charge in [0.15, 0.2) is 0 Å². The van der Waals surface area contributed by atoms with Gasteiger partial charge in [-0.2, -0.15) is 0 Å². The van der Waals surface area contributed by atoms with Crippen LogP contribution in [-0.2, 0) is 0 Å². The molecule has 0 spiro atoms. The van der Waals surface area contributed by atoms with Crippen molar-refractivity contribution in [2.24, 2.45) is 29.1 Å². The van der Waals surface area contributed by atoms with Crippen molar-refractivity contribution < 1.29 is 10.2 Å². The van der Waals surface area contributed by atoms with Gasteiger partial charge in [-0.15, -0.1) is 0 Å². The highest BCUT2D eigenvalue weighted by molar-refractivity contribution is 5.34. The van der Waals surface area contributed by atoms with Gasteiger partial charge in [0.25, 0.3) is 0 Å². The molecule has 4 bridgehead atoms. The van der Waals surface area contributed by atoms with Gasteiger partial charge in [-0.1, -0.05) is 32.9 Å². The molecule has 4 rings (SSSR count). The Morgan fingerprint density at radius 1 is 1.31 bits per heavy atom. The summed E-state index contributed by atoms with van der Waals surface area (Å²) >= 11 is 0. The fourth-order valence-corrected chi connectivity index (χ4v) is 4.83. The molecule has 0 aromatic heterocycles. The Morgan fingerprint density at radius 3 is 2.62 bits per heavy atom. The minimum atomic E-state index is -0.635. The molecule has 90 valence electrons. The number of hydrogen-bond acceptors (Lipinski definition) is 2. The van der Waals surface area contributed by atoms with Crippen LogP contribution in [0.25, 0.3) is 0 Å². The van der Waals surface area contributed by atoms with Gasteiger partial charge in [-0.25, -0.2) is 0 Å². The number of hydrogen-bond donors (Lipinski definition) is 2. The molecule has 2 nitrogen and oxygen atoms in total. The van der Waals surface area contributed by atoms with E-state index in [4.69, 9.17) is 0 Å². The highest BCUT2D eigenvalue weighted by atomic mass is 16.3. The van der Waals surface area contributed by atoms with Gasteiger partial charge in [-0.05, 0) is 24.7 Å². The predicted molar refractivity (Wildman–Crippen MR) is 62.7 cm³/mol. The van der Waals surface area contributed by atoms with Crippen LogP contribution in [0.4, 0.5) is 0 Å². The molecule has 6 atom stereocenters. The summed E-state index contributed by atoms with van der Waals surface area (Å²) in [5, 5.41) is 20.9. The van der Waals surface area contributed by atoms with E-state index in [0.717, 1.165) is 6.42 Å². The number of rotatable bonds is 1. The topological polar surface area (TPSA) is 40.5 Å². The first-order valence-electron chi connectivity index (χ1n) is 6.51. The average molecular weight is 222 g/mol. The van der Waals surface area contributed by atoms with E-state index >= 15 is 0 Å². The Hall–Kier alpha value is -0.340. The smallest absolute Gasteiger partial charge is 0.0920 e. The second kappa shape index (κ2) is 2.91. The monoisotopic (exact) mass is 222 g/mol. The molecule has 0 radical (unpaired) electrons. The van der Waals surface area contributed by atoms with Crippen LogP contribution < -0.4 is 0 Å². The zero-order valence-corrected chi connectivity index (χ0v) is 10.4. The summed E-state index contributed by atoms with van der Waals surface area (Å²) in [6.07, 6.45) is 5.60. The minimum Gasteiger partial charge on any atom is -0.389 e. The molecule has 4 aliphatic rings. The highest BCUT2D eigenvalue weighted by Crippen LogP contribution is 2.72. The van der Waals surface area contributed by atoms with Crippen molar-refractivity contribution in [2.45, 2.75) is 45.3 Å². The van der Waals surface area contributed by atoms with Crippen molar-refractivity contribution in [3.8, 4) is 0 Å². The molecule has 16 heavy (non-hydrogen) atoms. The third-order valence-corrected chi connectivity index (χ3v) is 5.78. The molecule has 3 fully saturated rings. The Balaban J connectivity index is 2.03. The summed E-state index contributed by atoms with van der Waals surface area (Å²) in [4.78, 5) is 0. The normalized spacial score (nSPS) is 58.6. The third-order valence-electron chi connectivity index (χ3n) is 5.78. The summed E-state index contributed by atoms with van der Waals surface area (Å²) in [6, 6.07) is 0. The Bertz CT molecular complexity index is 349. The van der Waals surface area contributed by atoms with Crippen LogP contribution in [0.3, 0.4) is 0 Å². The fraction of sp³-hybridized carbons (Fsp3) is 0.857. The van der Waals surface area contributed by atoms with E-state index in [1.807, 2.05) is 6.08 Å². The van der Waals surface area contributed by atoms with Gasteiger partial charge in [0.05, 0.1) is 11.7 Å². The average Bonchev–Trinajstić information content (AvgIpc) is 2.22. The summed E-state index contributed by atoms with van der Waals surface area (Å²) in [5.74, 6) is 1.73. The number of fused-ring (bicyclic) bond motifs is 2. The molecular weight excluding hydrogens is 200 g/mol. The quantitative estimate of drug-likeness (QED) is 0.666. The standard InChI is InChI=1S/C14H22O2/c1-8(2)9-4-6-13(3)12-10(15)5-7-14(13,16)11(9)12/h5,7-12,15-16H,4,6H2,1-3H3/t9-,10-,11+,12+,13-,14+/m0/s1. The van der Waals surface area contributed by atoms with Gasteiger partial charge in [0, 0.05) is 17.3 Å². The van der Waals surface area contributed by atoms with Crippen LogP contribution in [0, 0.1) is 29.1 Å². The Morgan fingerprint density at radius 2 is 2.00 bits per heavy atom. The third kappa shape index (κ3) is 0.925. The second-order valence-corrected chi connectivity index (χ2v) is 6.59. The number of aliphatic hydroxyl groups is 2. The molecule has 2 N–H and O–H groups in total. The first-order valence-corrected chi connectivity index (χ1v) is 6.51. The van der Waals surface area contributed by atoms with E-state index in [9.17, 15) is 10.2 Å². The molecular formula is C14H22O2. The van der Waals surface area contributed by atoms with Crippen LogP contribution in [0.5, 0.6) is 0 Å². The van der Waals surface area contributed by atoms with Crippen LogP contribution in [0.15, 0.2) is 12.2 Å². The van der Waals surface area contributed by atoms with Crippen molar-refractivity contribution >= 4 is 0 Å². The number of aliphatic hydroxyl groups excluding tert-OH is 1. The zero-order valence-electron chi connectivity index (χ0n) is 10.4. The molecule has 2 heteroatoms. The van der Waals surface area contributed by atoms with E-state index in [0.29, 0.717) is 11.8 Å². The van der Waals surface area contributed by atoms with E-state index in [1.165, 1.54) is 6.42 Å². The maximum atomic E-state index is 10.8.